The fourth-order valence-corrected chi connectivity index (χ4v) is 2.26. The Labute approximate surface area is 118 Å². The van der Waals surface area contributed by atoms with Gasteiger partial charge >= 0.3 is 12.0 Å². The van der Waals surface area contributed by atoms with Crippen LogP contribution in [0.5, 0.6) is 0 Å². The average molecular weight is 325 g/mol. The first-order valence-corrected chi connectivity index (χ1v) is 6.59. The van der Waals surface area contributed by atoms with E-state index in [9.17, 15) is 9.59 Å². The summed E-state index contributed by atoms with van der Waals surface area (Å²) >= 11 is 3.33. The van der Waals surface area contributed by atoms with Crippen LogP contribution >= 0.6 is 15.9 Å². The first-order valence-electron chi connectivity index (χ1n) is 5.79. The monoisotopic (exact) mass is 324 g/mol. The van der Waals surface area contributed by atoms with Crippen molar-refractivity contribution >= 4 is 33.6 Å². The van der Waals surface area contributed by atoms with Gasteiger partial charge in [-0.15, -0.1) is 0 Å². The van der Waals surface area contributed by atoms with Crippen molar-refractivity contribution in [2.45, 2.75) is 12.5 Å². The summed E-state index contributed by atoms with van der Waals surface area (Å²) < 4.78 is 0.788. The lowest BCUT2D eigenvalue weighted by atomic mass is 10.1. The van der Waals surface area contributed by atoms with Crippen LogP contribution in [0.4, 0.5) is 10.5 Å². The van der Waals surface area contributed by atoms with Crippen molar-refractivity contribution in [2.24, 2.45) is 5.92 Å². The number of nitrogens with one attached hydrogen (secondary N) is 2. The van der Waals surface area contributed by atoms with Crippen LogP contribution < -0.4 is 10.6 Å². The summed E-state index contributed by atoms with van der Waals surface area (Å²) in [5, 5.41) is 14.3. The molecule has 0 spiro atoms. The zero-order valence-electron chi connectivity index (χ0n) is 9.97. The van der Waals surface area contributed by atoms with Crippen molar-refractivity contribution in [2.75, 3.05) is 5.32 Å². The second-order valence-corrected chi connectivity index (χ2v) is 5.10. The Morgan fingerprint density at radius 2 is 2.00 bits per heavy atom. The molecule has 1 aliphatic carbocycles. The molecule has 0 bridgehead atoms. The van der Waals surface area contributed by atoms with Crippen molar-refractivity contribution in [3.05, 3.63) is 40.9 Å². The number of halogens is 1. The fourth-order valence-electron chi connectivity index (χ4n) is 1.88. The van der Waals surface area contributed by atoms with Gasteiger partial charge < -0.3 is 15.7 Å². The number of carbonyl (C=O) groups is 2. The van der Waals surface area contributed by atoms with Gasteiger partial charge in [0.2, 0.25) is 0 Å². The molecule has 0 heterocycles. The first-order chi connectivity index (χ1) is 9.06. The lowest BCUT2D eigenvalue weighted by Gasteiger charge is -2.13. The Hall–Kier alpha value is -1.82. The van der Waals surface area contributed by atoms with Crippen molar-refractivity contribution in [3.63, 3.8) is 0 Å². The SMILES string of the molecule is O=C(Nc1ccccc1Br)NC1C=CC(C(=O)O)C1. The minimum atomic E-state index is -0.869. The topological polar surface area (TPSA) is 78.4 Å². The van der Waals surface area contributed by atoms with Gasteiger partial charge in [0.05, 0.1) is 17.6 Å². The Morgan fingerprint density at radius 1 is 1.26 bits per heavy atom. The molecule has 5 nitrogen and oxygen atoms in total. The summed E-state index contributed by atoms with van der Waals surface area (Å²) in [4.78, 5) is 22.6. The standard InChI is InChI=1S/C13H13BrN2O3/c14-10-3-1-2-4-11(10)16-13(19)15-9-6-5-8(7-9)12(17)18/h1-6,8-9H,7H2,(H,17,18)(H2,15,16,19). The van der Waals surface area contributed by atoms with Gasteiger partial charge in [-0.05, 0) is 34.5 Å². The van der Waals surface area contributed by atoms with E-state index >= 15 is 0 Å². The Bertz CT molecular complexity index is 530. The van der Waals surface area contributed by atoms with Crippen LogP contribution in [-0.2, 0) is 4.79 Å². The largest absolute Gasteiger partial charge is 0.481 e. The highest BCUT2D eigenvalue weighted by Gasteiger charge is 2.25. The molecule has 0 aliphatic heterocycles. The second kappa shape index (κ2) is 5.88. The molecule has 0 radical (unpaired) electrons. The molecular weight excluding hydrogens is 312 g/mol. The van der Waals surface area contributed by atoms with Gasteiger partial charge in [0.25, 0.3) is 0 Å². The number of benzene rings is 1. The number of carbonyl (C=O) groups excluding carboxylic acids is 1. The zero-order valence-corrected chi connectivity index (χ0v) is 11.6. The maximum atomic E-state index is 11.8. The molecule has 1 aromatic rings. The molecule has 6 heteroatoms. The van der Waals surface area contributed by atoms with Gasteiger partial charge in [-0.25, -0.2) is 4.79 Å². The van der Waals surface area contributed by atoms with E-state index in [4.69, 9.17) is 5.11 Å². The molecule has 2 atom stereocenters. The van der Waals surface area contributed by atoms with Crippen LogP contribution in [0.25, 0.3) is 0 Å². The minimum Gasteiger partial charge on any atom is -0.481 e. The van der Waals surface area contributed by atoms with Crippen LogP contribution in [-0.4, -0.2) is 23.1 Å². The normalized spacial score (nSPS) is 21.1. The minimum absolute atomic E-state index is 0.247. The molecule has 2 rings (SSSR count). The predicted octanol–water partition coefficient (Wildman–Crippen LogP) is 2.60. The van der Waals surface area contributed by atoms with E-state index in [1.54, 1.807) is 18.2 Å². The number of para-hydroxylation sites is 1. The molecule has 19 heavy (non-hydrogen) atoms. The van der Waals surface area contributed by atoms with Gasteiger partial charge in [0.15, 0.2) is 0 Å². The molecule has 2 unspecified atom stereocenters. The molecule has 1 aromatic carbocycles. The Balaban J connectivity index is 1.88. The van der Waals surface area contributed by atoms with Crippen LogP contribution in [0.1, 0.15) is 6.42 Å². The maximum absolute atomic E-state index is 11.8. The average Bonchev–Trinajstić information content (AvgIpc) is 2.80. The van der Waals surface area contributed by atoms with E-state index in [0.29, 0.717) is 12.1 Å². The molecule has 1 aliphatic rings. The number of rotatable bonds is 3. The lowest BCUT2D eigenvalue weighted by Crippen LogP contribution is -2.36. The molecule has 3 N–H and O–H groups in total. The third-order valence-electron chi connectivity index (χ3n) is 2.84. The van der Waals surface area contributed by atoms with Crippen molar-refractivity contribution in [3.8, 4) is 0 Å². The quantitative estimate of drug-likeness (QED) is 0.748. The molecule has 0 saturated carbocycles. The number of hydrogen-bond acceptors (Lipinski definition) is 2. The summed E-state index contributed by atoms with van der Waals surface area (Å²) in [6, 6.07) is 6.66. The van der Waals surface area contributed by atoms with E-state index in [0.717, 1.165) is 4.47 Å². The number of carboxylic acid groups (broad SMARTS) is 1. The van der Waals surface area contributed by atoms with E-state index < -0.39 is 11.9 Å². The van der Waals surface area contributed by atoms with E-state index in [2.05, 4.69) is 26.6 Å². The molecule has 2 amide bonds. The summed E-state index contributed by atoms with van der Waals surface area (Å²) in [6.45, 7) is 0. The van der Waals surface area contributed by atoms with Gasteiger partial charge in [0, 0.05) is 4.47 Å². The second-order valence-electron chi connectivity index (χ2n) is 4.25. The Kier molecular flexibility index (Phi) is 4.21. The van der Waals surface area contributed by atoms with E-state index in [-0.39, 0.29) is 12.1 Å². The number of carboxylic acids is 1. The number of aliphatic carboxylic acids is 1. The predicted molar refractivity (Wildman–Crippen MR) is 75.0 cm³/mol. The Morgan fingerprint density at radius 3 is 2.63 bits per heavy atom. The van der Waals surface area contributed by atoms with Crippen molar-refractivity contribution in [1.82, 2.24) is 5.32 Å². The van der Waals surface area contributed by atoms with E-state index in [1.807, 2.05) is 18.2 Å². The highest BCUT2D eigenvalue weighted by Crippen LogP contribution is 2.21. The van der Waals surface area contributed by atoms with Gasteiger partial charge in [-0.3, -0.25) is 4.79 Å². The molecule has 0 fully saturated rings. The third kappa shape index (κ3) is 3.57. The maximum Gasteiger partial charge on any atom is 0.319 e. The number of amides is 2. The van der Waals surface area contributed by atoms with Crippen molar-refractivity contribution in [1.29, 1.82) is 0 Å². The van der Waals surface area contributed by atoms with Gasteiger partial charge in [-0.2, -0.15) is 0 Å². The van der Waals surface area contributed by atoms with Crippen molar-refractivity contribution < 1.29 is 14.7 Å². The van der Waals surface area contributed by atoms with Gasteiger partial charge in [0.1, 0.15) is 0 Å². The zero-order chi connectivity index (χ0) is 13.8. The van der Waals surface area contributed by atoms with E-state index in [1.165, 1.54) is 0 Å². The van der Waals surface area contributed by atoms with Crippen LogP contribution in [0.2, 0.25) is 0 Å². The first kappa shape index (κ1) is 13.6. The number of hydrogen-bond donors (Lipinski definition) is 3. The third-order valence-corrected chi connectivity index (χ3v) is 3.53. The smallest absolute Gasteiger partial charge is 0.319 e. The molecule has 0 saturated heterocycles. The molecule has 100 valence electrons. The molecule has 0 aromatic heterocycles. The molecular formula is C13H13BrN2O3. The lowest BCUT2D eigenvalue weighted by molar-refractivity contribution is -0.140. The summed E-state index contributed by atoms with van der Waals surface area (Å²) in [6.07, 6.45) is 3.70. The fraction of sp³-hybridized carbons (Fsp3) is 0.231. The highest BCUT2D eigenvalue weighted by molar-refractivity contribution is 9.10. The van der Waals surface area contributed by atoms with Gasteiger partial charge in [-0.1, -0.05) is 24.3 Å². The van der Waals surface area contributed by atoms with Crippen LogP contribution in [0, 0.1) is 5.92 Å². The summed E-state index contributed by atoms with van der Waals surface area (Å²) in [7, 11) is 0. The number of urea groups is 1. The van der Waals surface area contributed by atoms with Crippen LogP contribution in [0.15, 0.2) is 40.9 Å². The van der Waals surface area contributed by atoms with Crippen LogP contribution in [0.3, 0.4) is 0 Å². The summed E-state index contributed by atoms with van der Waals surface area (Å²) in [5.74, 6) is -1.39. The number of anilines is 1. The highest BCUT2D eigenvalue weighted by atomic mass is 79.9. The summed E-state index contributed by atoms with van der Waals surface area (Å²) in [5.41, 5.74) is 0.664.